The Morgan fingerprint density at radius 2 is 2.20 bits per heavy atom. The third kappa shape index (κ3) is 2.32. The molecule has 0 radical (unpaired) electrons. The van der Waals surface area contributed by atoms with Crippen LogP contribution in [0.5, 0.6) is 0 Å². The molecular weight excluding hydrogens is 268 g/mol. The van der Waals surface area contributed by atoms with Crippen LogP contribution in [0.2, 0.25) is 0 Å². The Hall–Kier alpha value is -2.49. The Morgan fingerprint density at radius 3 is 2.70 bits per heavy atom. The van der Waals surface area contributed by atoms with Gasteiger partial charge in [0.1, 0.15) is 11.3 Å². The first-order valence-electron chi connectivity index (χ1n) is 5.80. The summed E-state index contributed by atoms with van der Waals surface area (Å²) >= 11 is 0. The van der Waals surface area contributed by atoms with E-state index >= 15 is 0 Å². The van der Waals surface area contributed by atoms with Crippen molar-refractivity contribution in [2.75, 3.05) is 12.3 Å². The summed E-state index contributed by atoms with van der Waals surface area (Å²) in [5, 5.41) is 24.7. The molecule has 0 bridgehead atoms. The molecule has 2 aromatic rings. The Kier molecular flexibility index (Phi) is 3.40. The zero-order valence-electron chi connectivity index (χ0n) is 11.2. The summed E-state index contributed by atoms with van der Waals surface area (Å²) in [6, 6.07) is 0. The van der Waals surface area contributed by atoms with Crippen LogP contribution < -0.4 is 5.73 Å². The molecule has 2 heterocycles. The van der Waals surface area contributed by atoms with Crippen LogP contribution in [0.15, 0.2) is 4.63 Å². The number of aliphatic hydroxyl groups is 1. The standard InChI is InChI=1S/C10H14N6O4/c1-4-19-9(17)5-6(10(2,3)18)16(15-12-5)8-7(11)13-20-14-8/h18H,4H2,1-3H3,(H2,11,13). The van der Waals surface area contributed by atoms with Crippen molar-refractivity contribution >= 4 is 11.8 Å². The van der Waals surface area contributed by atoms with Crippen LogP contribution in [0.3, 0.4) is 0 Å². The molecule has 0 aliphatic rings. The molecule has 0 aromatic carbocycles. The first-order valence-corrected chi connectivity index (χ1v) is 5.80. The van der Waals surface area contributed by atoms with Crippen molar-refractivity contribution in [3.8, 4) is 5.82 Å². The molecule has 0 spiro atoms. The van der Waals surface area contributed by atoms with Crippen LogP contribution in [0, 0.1) is 0 Å². The maximum absolute atomic E-state index is 11.8. The number of hydrogen-bond acceptors (Lipinski definition) is 9. The number of aromatic nitrogens is 5. The molecule has 10 heteroatoms. The van der Waals surface area contributed by atoms with E-state index in [1.165, 1.54) is 13.8 Å². The normalized spacial score (nSPS) is 11.6. The molecule has 2 rings (SSSR count). The monoisotopic (exact) mass is 282 g/mol. The molecule has 2 aromatic heterocycles. The minimum absolute atomic E-state index is 0.0326. The minimum Gasteiger partial charge on any atom is -0.461 e. The summed E-state index contributed by atoms with van der Waals surface area (Å²) in [5.41, 5.74) is 4.10. The van der Waals surface area contributed by atoms with Crippen molar-refractivity contribution in [2.24, 2.45) is 0 Å². The van der Waals surface area contributed by atoms with Gasteiger partial charge in [-0.2, -0.15) is 4.68 Å². The zero-order valence-corrected chi connectivity index (χ0v) is 11.2. The highest BCUT2D eigenvalue weighted by molar-refractivity contribution is 5.88. The quantitative estimate of drug-likeness (QED) is 0.718. The van der Waals surface area contributed by atoms with E-state index in [0.29, 0.717) is 0 Å². The molecule has 0 atom stereocenters. The van der Waals surface area contributed by atoms with Crippen LogP contribution in [0.4, 0.5) is 5.82 Å². The summed E-state index contributed by atoms with van der Waals surface area (Å²) in [7, 11) is 0. The number of hydrogen-bond donors (Lipinski definition) is 2. The number of ether oxygens (including phenoxy) is 1. The molecule has 20 heavy (non-hydrogen) atoms. The fourth-order valence-corrected chi connectivity index (χ4v) is 1.65. The summed E-state index contributed by atoms with van der Waals surface area (Å²) < 4.78 is 10.4. The highest BCUT2D eigenvalue weighted by atomic mass is 16.6. The molecule has 108 valence electrons. The van der Waals surface area contributed by atoms with Crippen LogP contribution in [-0.2, 0) is 10.3 Å². The Bertz CT molecular complexity index is 626. The summed E-state index contributed by atoms with van der Waals surface area (Å²) in [6.07, 6.45) is 0. The number of nitrogens with zero attached hydrogens (tertiary/aromatic N) is 5. The van der Waals surface area contributed by atoms with Gasteiger partial charge in [-0.1, -0.05) is 5.21 Å². The third-order valence-corrected chi connectivity index (χ3v) is 2.41. The van der Waals surface area contributed by atoms with Gasteiger partial charge >= 0.3 is 5.97 Å². The average molecular weight is 282 g/mol. The fraction of sp³-hybridized carbons (Fsp3) is 0.500. The molecule has 0 aliphatic carbocycles. The van der Waals surface area contributed by atoms with Crippen molar-refractivity contribution in [3.05, 3.63) is 11.4 Å². The van der Waals surface area contributed by atoms with Crippen molar-refractivity contribution in [2.45, 2.75) is 26.4 Å². The van der Waals surface area contributed by atoms with Gasteiger partial charge in [-0.25, -0.2) is 9.42 Å². The third-order valence-electron chi connectivity index (χ3n) is 2.41. The lowest BCUT2D eigenvalue weighted by atomic mass is 10.0. The maximum atomic E-state index is 11.8. The van der Waals surface area contributed by atoms with Gasteiger partial charge in [-0.05, 0) is 31.1 Å². The maximum Gasteiger partial charge on any atom is 0.360 e. The van der Waals surface area contributed by atoms with Gasteiger partial charge < -0.3 is 15.6 Å². The van der Waals surface area contributed by atoms with E-state index < -0.39 is 11.6 Å². The molecule has 0 saturated heterocycles. The second kappa shape index (κ2) is 4.89. The lowest BCUT2D eigenvalue weighted by Gasteiger charge is -2.18. The van der Waals surface area contributed by atoms with E-state index in [-0.39, 0.29) is 29.6 Å². The van der Waals surface area contributed by atoms with Gasteiger partial charge in [-0.15, -0.1) is 5.10 Å². The van der Waals surface area contributed by atoms with Gasteiger partial charge in [0.25, 0.3) is 0 Å². The lowest BCUT2D eigenvalue weighted by Crippen LogP contribution is -2.25. The molecule has 0 unspecified atom stereocenters. The van der Waals surface area contributed by atoms with Crippen molar-refractivity contribution in [3.63, 3.8) is 0 Å². The fourth-order valence-electron chi connectivity index (χ4n) is 1.65. The van der Waals surface area contributed by atoms with Crippen LogP contribution >= 0.6 is 0 Å². The highest BCUT2D eigenvalue weighted by Crippen LogP contribution is 2.26. The second-order valence-electron chi connectivity index (χ2n) is 4.45. The van der Waals surface area contributed by atoms with Crippen molar-refractivity contribution in [1.82, 2.24) is 25.3 Å². The Labute approximate surface area is 113 Å². The van der Waals surface area contributed by atoms with Crippen molar-refractivity contribution < 1.29 is 19.3 Å². The van der Waals surface area contributed by atoms with Gasteiger partial charge in [0.15, 0.2) is 5.69 Å². The predicted octanol–water partition coefficient (Wildman–Crippen LogP) is -0.363. The smallest absolute Gasteiger partial charge is 0.360 e. The number of nitrogens with two attached hydrogens (primary N) is 1. The molecule has 0 amide bonds. The zero-order chi connectivity index (χ0) is 14.9. The number of carbonyl (C=O) groups is 1. The van der Waals surface area contributed by atoms with E-state index in [1.54, 1.807) is 6.92 Å². The van der Waals surface area contributed by atoms with Gasteiger partial charge in [0.05, 0.1) is 6.61 Å². The first kappa shape index (κ1) is 13.9. The lowest BCUT2D eigenvalue weighted by molar-refractivity contribution is 0.0471. The summed E-state index contributed by atoms with van der Waals surface area (Å²) in [5.74, 6) is -0.716. The van der Waals surface area contributed by atoms with E-state index in [9.17, 15) is 9.90 Å². The number of rotatable bonds is 4. The Balaban J connectivity index is 2.60. The summed E-state index contributed by atoms with van der Waals surface area (Å²) in [4.78, 5) is 11.8. The number of carbonyl (C=O) groups excluding carboxylic acids is 1. The topological polar surface area (TPSA) is 142 Å². The van der Waals surface area contributed by atoms with Gasteiger partial charge in [0, 0.05) is 0 Å². The van der Waals surface area contributed by atoms with Crippen LogP contribution in [0.1, 0.15) is 37.0 Å². The summed E-state index contributed by atoms with van der Waals surface area (Å²) in [6.45, 7) is 4.76. The van der Waals surface area contributed by atoms with E-state index in [4.69, 9.17) is 10.5 Å². The predicted molar refractivity (Wildman–Crippen MR) is 64.8 cm³/mol. The number of nitrogen functional groups attached to an aromatic ring is 1. The molecule has 10 nitrogen and oxygen atoms in total. The average Bonchev–Trinajstić information content (AvgIpc) is 2.93. The SMILES string of the molecule is CCOC(=O)c1nnn(-c2nonc2N)c1C(C)(C)O. The molecule has 0 aliphatic heterocycles. The largest absolute Gasteiger partial charge is 0.461 e. The van der Waals surface area contributed by atoms with Gasteiger partial charge in [-0.3, -0.25) is 0 Å². The first-order chi connectivity index (χ1) is 9.36. The number of esters is 1. The van der Waals surface area contributed by atoms with Crippen LogP contribution in [0.25, 0.3) is 5.82 Å². The van der Waals surface area contributed by atoms with E-state index in [2.05, 4.69) is 25.3 Å². The molecular formula is C10H14N6O4. The van der Waals surface area contributed by atoms with Gasteiger partial charge in [0.2, 0.25) is 11.6 Å². The molecule has 0 fully saturated rings. The van der Waals surface area contributed by atoms with Crippen molar-refractivity contribution in [1.29, 1.82) is 0 Å². The van der Waals surface area contributed by atoms with Crippen LogP contribution in [-0.4, -0.2) is 43.0 Å². The molecule has 0 saturated carbocycles. The number of anilines is 1. The second-order valence-corrected chi connectivity index (χ2v) is 4.45. The highest BCUT2D eigenvalue weighted by Gasteiger charge is 2.33. The minimum atomic E-state index is -1.43. The van der Waals surface area contributed by atoms with E-state index in [0.717, 1.165) is 4.68 Å². The van der Waals surface area contributed by atoms with E-state index in [1.807, 2.05) is 0 Å². The molecule has 3 N–H and O–H groups in total. The Morgan fingerprint density at radius 1 is 1.50 bits per heavy atom.